The number of pyridine rings is 1. The van der Waals surface area contributed by atoms with Gasteiger partial charge in [0.2, 0.25) is 5.78 Å². The zero-order valence-corrected chi connectivity index (χ0v) is 17.1. The molecule has 4 rings (SSSR count). The Balaban J connectivity index is 1.79. The van der Waals surface area contributed by atoms with Crippen LogP contribution in [0.4, 0.5) is 14.5 Å². The van der Waals surface area contributed by atoms with E-state index in [1.54, 1.807) is 31.3 Å². The summed E-state index contributed by atoms with van der Waals surface area (Å²) in [4.78, 5) is 20.2. The summed E-state index contributed by atoms with van der Waals surface area (Å²) in [5.41, 5.74) is 6.11. The monoisotopic (exact) mass is 441 g/mol. The number of benzene rings is 2. The average Bonchev–Trinajstić information content (AvgIpc) is 3.20. The number of anilines is 1. The Morgan fingerprint density at radius 3 is 2.48 bits per heavy atom. The van der Waals surface area contributed by atoms with Crippen molar-refractivity contribution in [1.29, 1.82) is 0 Å². The molecule has 0 radical (unpaired) electrons. The normalized spacial score (nSPS) is 11.7. The van der Waals surface area contributed by atoms with Crippen LogP contribution in [0.25, 0.3) is 22.2 Å². The second-order valence-electron chi connectivity index (χ2n) is 6.91. The van der Waals surface area contributed by atoms with E-state index in [0.717, 1.165) is 12.1 Å². The number of hydrogen-bond acceptors (Lipinski definition) is 5. The fourth-order valence-corrected chi connectivity index (χ4v) is 4.17. The van der Waals surface area contributed by atoms with Crippen molar-refractivity contribution in [2.75, 3.05) is 11.5 Å². The van der Waals surface area contributed by atoms with Gasteiger partial charge in [-0.3, -0.25) is 4.79 Å². The van der Waals surface area contributed by atoms with Gasteiger partial charge in [-0.15, -0.1) is 0 Å². The van der Waals surface area contributed by atoms with E-state index >= 15 is 0 Å². The SMILES string of the molecule is CCS(=O)(=O)c1ccc(-c2cnc3[nH]cc(C(=O)c4c(F)ccc(N)c4F)c3c2)cc1. The van der Waals surface area contributed by atoms with Crippen LogP contribution >= 0.6 is 0 Å². The van der Waals surface area contributed by atoms with Crippen LogP contribution in [0.15, 0.2) is 59.8 Å². The number of H-pyrrole nitrogens is 1. The number of sulfone groups is 1. The zero-order chi connectivity index (χ0) is 22.3. The lowest BCUT2D eigenvalue weighted by molar-refractivity contribution is 0.103. The van der Waals surface area contributed by atoms with Crippen molar-refractivity contribution in [1.82, 2.24) is 9.97 Å². The number of hydrogen-bond donors (Lipinski definition) is 2. The molecule has 31 heavy (non-hydrogen) atoms. The summed E-state index contributed by atoms with van der Waals surface area (Å²) < 4.78 is 52.5. The fourth-order valence-electron chi connectivity index (χ4n) is 3.28. The molecule has 0 unspecified atom stereocenters. The van der Waals surface area contributed by atoms with Gasteiger partial charge in [-0.2, -0.15) is 0 Å². The number of nitrogens with two attached hydrogens (primary N) is 1. The predicted octanol–water partition coefficient (Wildman–Crippen LogP) is 4.11. The number of ketones is 1. The lowest BCUT2D eigenvalue weighted by Crippen LogP contribution is -2.09. The van der Waals surface area contributed by atoms with Gasteiger partial charge in [0.1, 0.15) is 11.5 Å². The number of nitrogen functional groups attached to an aromatic ring is 1. The molecule has 3 N–H and O–H groups in total. The Labute approximate surface area is 176 Å². The largest absolute Gasteiger partial charge is 0.396 e. The molecular weight excluding hydrogens is 424 g/mol. The molecular formula is C22H17F2N3O3S. The predicted molar refractivity (Wildman–Crippen MR) is 113 cm³/mol. The third-order valence-corrected chi connectivity index (χ3v) is 6.80. The standard InChI is InChI=1S/C22H17F2N3O3S/c1-2-31(29,30)14-5-3-12(4-6-14)13-9-15-16(11-27-22(15)26-10-13)21(28)19-17(23)7-8-18(25)20(19)24/h3-11H,2,25H2,1H3,(H,26,27). The fraction of sp³-hybridized carbons (Fsp3) is 0.0909. The number of fused-ring (bicyclic) bond motifs is 1. The molecule has 9 heteroatoms. The Hall–Kier alpha value is -3.59. The van der Waals surface area contributed by atoms with E-state index in [9.17, 15) is 22.0 Å². The van der Waals surface area contributed by atoms with E-state index in [2.05, 4.69) is 9.97 Å². The molecule has 0 fully saturated rings. The van der Waals surface area contributed by atoms with Gasteiger partial charge in [-0.05, 0) is 35.9 Å². The van der Waals surface area contributed by atoms with Crippen molar-refractivity contribution in [3.05, 3.63) is 77.6 Å². The minimum atomic E-state index is -3.33. The molecule has 0 aliphatic carbocycles. The minimum Gasteiger partial charge on any atom is -0.396 e. The van der Waals surface area contributed by atoms with Gasteiger partial charge in [0.15, 0.2) is 15.7 Å². The summed E-state index contributed by atoms with van der Waals surface area (Å²) in [7, 11) is -3.33. The highest BCUT2D eigenvalue weighted by atomic mass is 32.2. The first-order valence-electron chi connectivity index (χ1n) is 9.31. The summed E-state index contributed by atoms with van der Waals surface area (Å²) in [6.07, 6.45) is 2.89. The number of nitrogens with one attached hydrogen (secondary N) is 1. The topological polar surface area (TPSA) is 106 Å². The lowest BCUT2D eigenvalue weighted by Gasteiger charge is -2.07. The van der Waals surface area contributed by atoms with E-state index in [4.69, 9.17) is 5.73 Å². The van der Waals surface area contributed by atoms with Crippen LogP contribution in [-0.4, -0.2) is 29.9 Å². The van der Waals surface area contributed by atoms with E-state index in [1.807, 2.05) is 0 Å². The summed E-state index contributed by atoms with van der Waals surface area (Å²) in [6, 6.07) is 9.91. The van der Waals surface area contributed by atoms with Gasteiger partial charge < -0.3 is 10.7 Å². The van der Waals surface area contributed by atoms with Crippen molar-refractivity contribution in [2.45, 2.75) is 11.8 Å². The highest BCUT2D eigenvalue weighted by Gasteiger charge is 2.24. The van der Waals surface area contributed by atoms with Crippen molar-refractivity contribution < 1.29 is 22.0 Å². The first kappa shape index (κ1) is 20.7. The maximum Gasteiger partial charge on any atom is 0.201 e. The van der Waals surface area contributed by atoms with Crippen LogP contribution in [-0.2, 0) is 9.84 Å². The van der Waals surface area contributed by atoms with Gasteiger partial charge >= 0.3 is 0 Å². The quantitative estimate of drug-likeness (QED) is 0.358. The average molecular weight is 441 g/mol. The van der Waals surface area contributed by atoms with E-state index in [0.29, 0.717) is 22.2 Å². The van der Waals surface area contributed by atoms with Crippen LogP contribution in [0.5, 0.6) is 0 Å². The smallest absolute Gasteiger partial charge is 0.201 e. The first-order valence-corrected chi connectivity index (χ1v) is 11.0. The van der Waals surface area contributed by atoms with Crippen molar-refractivity contribution in [2.24, 2.45) is 0 Å². The van der Waals surface area contributed by atoms with Crippen LogP contribution in [0, 0.1) is 11.6 Å². The molecule has 0 saturated heterocycles. The molecule has 0 spiro atoms. The summed E-state index contributed by atoms with van der Waals surface area (Å²) in [6.45, 7) is 1.57. The molecule has 0 aliphatic heterocycles. The molecule has 158 valence electrons. The van der Waals surface area contributed by atoms with Crippen molar-refractivity contribution in [3.63, 3.8) is 0 Å². The summed E-state index contributed by atoms with van der Waals surface area (Å²) in [5, 5.41) is 0.369. The molecule has 0 bridgehead atoms. The Morgan fingerprint density at radius 2 is 1.81 bits per heavy atom. The van der Waals surface area contributed by atoms with Crippen LogP contribution < -0.4 is 5.73 Å². The number of rotatable bonds is 5. The molecule has 0 amide bonds. The van der Waals surface area contributed by atoms with E-state index in [-0.39, 0.29) is 21.9 Å². The van der Waals surface area contributed by atoms with Crippen LogP contribution in [0.2, 0.25) is 0 Å². The van der Waals surface area contributed by atoms with Crippen LogP contribution in [0.1, 0.15) is 22.8 Å². The van der Waals surface area contributed by atoms with Crippen molar-refractivity contribution >= 4 is 32.3 Å². The third-order valence-electron chi connectivity index (χ3n) is 5.05. The third kappa shape index (κ3) is 3.57. The number of carbonyl (C=O) groups excluding carboxylic acids is 1. The second-order valence-corrected chi connectivity index (χ2v) is 9.18. The number of aromatic nitrogens is 2. The lowest BCUT2D eigenvalue weighted by atomic mass is 10.00. The number of carbonyl (C=O) groups is 1. The van der Waals surface area contributed by atoms with Gasteiger partial charge in [0.05, 0.1) is 21.9 Å². The van der Waals surface area contributed by atoms with Gasteiger partial charge in [-0.25, -0.2) is 22.2 Å². The first-order chi connectivity index (χ1) is 14.7. The Morgan fingerprint density at radius 1 is 1.10 bits per heavy atom. The van der Waals surface area contributed by atoms with Gasteiger partial charge in [0, 0.05) is 28.9 Å². The van der Waals surface area contributed by atoms with E-state index < -0.39 is 32.8 Å². The maximum absolute atomic E-state index is 14.4. The minimum absolute atomic E-state index is 0.00813. The molecule has 2 heterocycles. The zero-order valence-electron chi connectivity index (χ0n) is 16.3. The van der Waals surface area contributed by atoms with Crippen LogP contribution in [0.3, 0.4) is 0 Å². The maximum atomic E-state index is 14.4. The van der Waals surface area contributed by atoms with Gasteiger partial charge in [-0.1, -0.05) is 19.1 Å². The molecule has 2 aromatic heterocycles. The molecule has 0 aliphatic rings. The highest BCUT2D eigenvalue weighted by Crippen LogP contribution is 2.29. The molecule has 0 saturated carbocycles. The number of halogens is 2. The number of nitrogens with zero attached hydrogens (tertiary/aromatic N) is 1. The van der Waals surface area contributed by atoms with E-state index in [1.165, 1.54) is 18.3 Å². The summed E-state index contributed by atoms with van der Waals surface area (Å²) >= 11 is 0. The van der Waals surface area contributed by atoms with Crippen molar-refractivity contribution in [3.8, 4) is 11.1 Å². The molecule has 4 aromatic rings. The van der Waals surface area contributed by atoms with Gasteiger partial charge in [0.25, 0.3) is 0 Å². The molecule has 0 atom stereocenters. The molecule has 2 aromatic carbocycles. The molecule has 6 nitrogen and oxygen atoms in total. The Kier molecular flexibility index (Phi) is 5.06. The second kappa shape index (κ2) is 7.59. The highest BCUT2D eigenvalue weighted by molar-refractivity contribution is 7.91. The number of aromatic amines is 1. The Bertz CT molecular complexity index is 1430. The summed E-state index contributed by atoms with van der Waals surface area (Å²) in [5.74, 6) is -3.00.